The van der Waals surface area contributed by atoms with Gasteiger partial charge < -0.3 is 0 Å². The number of hydrogen-bond donors (Lipinski definition) is 0. The molecule has 0 N–H and O–H groups in total. The number of rotatable bonds is 3. The molecule has 0 amide bonds. The molecule has 4 rings (SSSR count). The topological polar surface area (TPSA) is 12.9 Å². The Hall–Kier alpha value is -3.19. The van der Waals surface area contributed by atoms with E-state index in [1.165, 1.54) is 27.8 Å². The van der Waals surface area contributed by atoms with E-state index in [0.717, 1.165) is 17.0 Å². The van der Waals surface area contributed by atoms with Crippen molar-refractivity contribution < 1.29 is 0 Å². The van der Waals surface area contributed by atoms with E-state index in [2.05, 4.69) is 96.8 Å². The van der Waals surface area contributed by atoms with Crippen LogP contribution in [0.3, 0.4) is 0 Å². The number of aromatic nitrogens is 1. The molecule has 26 heavy (non-hydrogen) atoms. The van der Waals surface area contributed by atoms with Crippen LogP contribution < -0.4 is 0 Å². The molecule has 0 spiro atoms. The van der Waals surface area contributed by atoms with E-state index in [0.29, 0.717) is 0 Å². The Morgan fingerprint density at radius 3 is 1.62 bits per heavy atom. The molecule has 3 aromatic carbocycles. The smallest absolute Gasteiger partial charge is 0.0705 e. The Morgan fingerprint density at radius 1 is 0.500 bits per heavy atom. The van der Waals surface area contributed by atoms with Gasteiger partial charge in [0.15, 0.2) is 0 Å². The van der Waals surface area contributed by atoms with Gasteiger partial charge in [-0.3, -0.25) is 4.98 Å². The number of hydrogen-bond acceptors (Lipinski definition) is 1. The first kappa shape index (κ1) is 16.3. The second kappa shape index (κ2) is 6.97. The van der Waals surface area contributed by atoms with Crippen molar-refractivity contribution in [3.63, 3.8) is 0 Å². The van der Waals surface area contributed by atoms with Gasteiger partial charge in [0.2, 0.25) is 0 Å². The standard InChI is InChI=1S/C25H21N/c1-18-7-3-9-20(15-18)21-10-5-11-22(16-21)23-12-6-13-24(17-23)25-14-4-8-19(2)26-25/h3-17H,1-2H3. The highest BCUT2D eigenvalue weighted by molar-refractivity contribution is 5.76. The molecule has 0 aliphatic heterocycles. The summed E-state index contributed by atoms with van der Waals surface area (Å²) in [5.74, 6) is 0. The van der Waals surface area contributed by atoms with Crippen molar-refractivity contribution in [2.45, 2.75) is 13.8 Å². The van der Waals surface area contributed by atoms with Gasteiger partial charge in [0.1, 0.15) is 0 Å². The molecule has 0 fully saturated rings. The lowest BCUT2D eigenvalue weighted by Crippen LogP contribution is -1.87. The van der Waals surface area contributed by atoms with Crippen LogP contribution in [-0.4, -0.2) is 4.98 Å². The summed E-state index contributed by atoms with van der Waals surface area (Å²) in [6, 6.07) is 32.1. The second-order valence-electron chi connectivity index (χ2n) is 6.70. The minimum Gasteiger partial charge on any atom is -0.253 e. The molecule has 0 bridgehead atoms. The monoisotopic (exact) mass is 335 g/mol. The Bertz CT molecular complexity index is 976. The van der Waals surface area contributed by atoms with Crippen LogP contribution in [0.4, 0.5) is 0 Å². The predicted octanol–water partition coefficient (Wildman–Crippen LogP) is 6.70. The van der Waals surface area contributed by atoms with E-state index in [4.69, 9.17) is 0 Å². The summed E-state index contributed by atoms with van der Waals surface area (Å²) < 4.78 is 0. The van der Waals surface area contributed by atoms with Gasteiger partial charge in [-0.25, -0.2) is 0 Å². The Labute approximate surface area is 155 Å². The number of aryl methyl sites for hydroxylation is 2. The molecule has 4 aromatic rings. The first-order valence-electron chi connectivity index (χ1n) is 8.91. The van der Waals surface area contributed by atoms with E-state index >= 15 is 0 Å². The summed E-state index contributed by atoms with van der Waals surface area (Å²) >= 11 is 0. The average Bonchev–Trinajstić information content (AvgIpc) is 2.68. The van der Waals surface area contributed by atoms with Crippen molar-refractivity contribution in [1.82, 2.24) is 4.98 Å². The molecule has 0 atom stereocenters. The van der Waals surface area contributed by atoms with Crippen molar-refractivity contribution in [3.8, 4) is 33.5 Å². The normalized spacial score (nSPS) is 10.7. The van der Waals surface area contributed by atoms with Crippen LogP contribution in [0.15, 0.2) is 91.0 Å². The van der Waals surface area contributed by atoms with Gasteiger partial charge in [0.25, 0.3) is 0 Å². The van der Waals surface area contributed by atoms with Crippen molar-refractivity contribution in [1.29, 1.82) is 0 Å². The van der Waals surface area contributed by atoms with Gasteiger partial charge in [0.05, 0.1) is 5.69 Å². The molecule has 0 unspecified atom stereocenters. The quantitative estimate of drug-likeness (QED) is 0.406. The Kier molecular flexibility index (Phi) is 4.37. The summed E-state index contributed by atoms with van der Waals surface area (Å²) in [6.45, 7) is 4.16. The molecule has 1 nitrogen and oxygen atoms in total. The highest BCUT2D eigenvalue weighted by Crippen LogP contribution is 2.29. The maximum absolute atomic E-state index is 4.65. The fourth-order valence-electron chi connectivity index (χ4n) is 3.26. The average molecular weight is 335 g/mol. The zero-order valence-corrected chi connectivity index (χ0v) is 15.1. The van der Waals surface area contributed by atoms with Crippen molar-refractivity contribution >= 4 is 0 Å². The summed E-state index contributed by atoms with van der Waals surface area (Å²) in [5, 5.41) is 0. The summed E-state index contributed by atoms with van der Waals surface area (Å²) in [6.07, 6.45) is 0. The lowest BCUT2D eigenvalue weighted by Gasteiger charge is -2.09. The molecular weight excluding hydrogens is 314 g/mol. The number of nitrogens with zero attached hydrogens (tertiary/aromatic N) is 1. The fraction of sp³-hybridized carbons (Fsp3) is 0.0800. The van der Waals surface area contributed by atoms with Gasteiger partial charge in [0, 0.05) is 11.3 Å². The third-order valence-electron chi connectivity index (χ3n) is 4.59. The van der Waals surface area contributed by atoms with Gasteiger partial charge >= 0.3 is 0 Å². The Morgan fingerprint density at radius 2 is 1.00 bits per heavy atom. The third kappa shape index (κ3) is 3.43. The van der Waals surface area contributed by atoms with Gasteiger partial charge in [-0.1, -0.05) is 72.3 Å². The maximum Gasteiger partial charge on any atom is 0.0705 e. The molecule has 0 aliphatic rings. The summed E-state index contributed by atoms with van der Waals surface area (Å²) in [7, 11) is 0. The van der Waals surface area contributed by atoms with Crippen molar-refractivity contribution in [2.24, 2.45) is 0 Å². The van der Waals surface area contributed by atoms with E-state index in [1.807, 2.05) is 13.0 Å². The van der Waals surface area contributed by atoms with Crippen LogP contribution in [0.2, 0.25) is 0 Å². The fourth-order valence-corrected chi connectivity index (χ4v) is 3.26. The molecule has 126 valence electrons. The minimum absolute atomic E-state index is 1.02. The highest BCUT2D eigenvalue weighted by atomic mass is 14.7. The zero-order valence-electron chi connectivity index (χ0n) is 15.1. The predicted molar refractivity (Wildman–Crippen MR) is 110 cm³/mol. The van der Waals surface area contributed by atoms with Gasteiger partial charge in [-0.2, -0.15) is 0 Å². The molecule has 0 saturated carbocycles. The van der Waals surface area contributed by atoms with Crippen LogP contribution >= 0.6 is 0 Å². The SMILES string of the molecule is Cc1cccc(-c2cccc(-c3cccc(-c4cccc(C)n4)c3)c2)c1. The van der Waals surface area contributed by atoms with Gasteiger partial charge in [-0.15, -0.1) is 0 Å². The van der Waals surface area contributed by atoms with Crippen LogP contribution in [0.1, 0.15) is 11.3 Å². The van der Waals surface area contributed by atoms with E-state index in [1.54, 1.807) is 0 Å². The molecule has 0 radical (unpaired) electrons. The third-order valence-corrected chi connectivity index (χ3v) is 4.59. The van der Waals surface area contributed by atoms with Crippen LogP contribution in [-0.2, 0) is 0 Å². The molecule has 1 heteroatoms. The summed E-state index contributed by atoms with van der Waals surface area (Å²) in [4.78, 5) is 4.65. The summed E-state index contributed by atoms with van der Waals surface area (Å²) in [5.41, 5.74) is 9.40. The zero-order chi connectivity index (χ0) is 17.9. The van der Waals surface area contributed by atoms with E-state index in [-0.39, 0.29) is 0 Å². The van der Waals surface area contributed by atoms with Crippen LogP contribution in [0.25, 0.3) is 33.5 Å². The molecule has 1 heterocycles. The molecule has 0 aliphatic carbocycles. The largest absolute Gasteiger partial charge is 0.253 e. The second-order valence-corrected chi connectivity index (χ2v) is 6.70. The first-order chi connectivity index (χ1) is 12.7. The number of benzene rings is 3. The highest BCUT2D eigenvalue weighted by Gasteiger charge is 2.05. The van der Waals surface area contributed by atoms with Gasteiger partial charge in [-0.05, 0) is 60.4 Å². The lowest BCUT2D eigenvalue weighted by molar-refractivity contribution is 1.21. The van der Waals surface area contributed by atoms with E-state index in [9.17, 15) is 0 Å². The van der Waals surface area contributed by atoms with Crippen LogP contribution in [0, 0.1) is 13.8 Å². The molecule has 1 aromatic heterocycles. The lowest BCUT2D eigenvalue weighted by atomic mass is 9.97. The molecular formula is C25H21N. The van der Waals surface area contributed by atoms with E-state index < -0.39 is 0 Å². The minimum atomic E-state index is 1.02. The van der Waals surface area contributed by atoms with Crippen molar-refractivity contribution in [2.75, 3.05) is 0 Å². The number of pyridine rings is 1. The molecule has 0 saturated heterocycles. The van der Waals surface area contributed by atoms with Crippen LogP contribution in [0.5, 0.6) is 0 Å². The van der Waals surface area contributed by atoms with Crippen molar-refractivity contribution in [3.05, 3.63) is 102 Å². The maximum atomic E-state index is 4.65. The Balaban J connectivity index is 1.75. The first-order valence-corrected chi connectivity index (χ1v) is 8.91.